The smallest absolute Gasteiger partial charge is 0.313 e. The zero-order chi connectivity index (χ0) is 16.9. The van der Waals surface area contributed by atoms with Gasteiger partial charge in [0.25, 0.3) is 0 Å². The van der Waals surface area contributed by atoms with Crippen molar-refractivity contribution in [2.75, 3.05) is 23.4 Å². The number of rotatable bonds is 2. The van der Waals surface area contributed by atoms with E-state index in [1.807, 2.05) is 30.3 Å². The van der Waals surface area contributed by atoms with Crippen molar-refractivity contribution in [3.63, 3.8) is 0 Å². The van der Waals surface area contributed by atoms with Crippen LogP contribution in [0.4, 0.5) is 5.69 Å². The molecule has 1 N–H and O–H groups in total. The molecule has 1 unspecified atom stereocenters. The van der Waals surface area contributed by atoms with Crippen molar-refractivity contribution >= 4 is 40.9 Å². The third-order valence-corrected chi connectivity index (χ3v) is 5.14. The number of hydrogen-bond acceptors (Lipinski definition) is 3. The third kappa shape index (κ3) is 3.91. The van der Waals surface area contributed by atoms with Crippen LogP contribution in [0.5, 0.6) is 0 Å². The normalized spacial score (nSPS) is 17.4. The first-order chi connectivity index (χ1) is 11.6. The topological polar surface area (TPSA) is 49.4 Å². The molecule has 24 heavy (non-hydrogen) atoms. The molecule has 0 spiro atoms. The fourth-order valence-corrected chi connectivity index (χ4v) is 3.86. The SMILES string of the molecule is O=C(Nc1ccc(Cl)cc1)C(=O)N1CCSCC1c1ccccc1. The van der Waals surface area contributed by atoms with Gasteiger partial charge in [0.05, 0.1) is 6.04 Å². The van der Waals surface area contributed by atoms with Gasteiger partial charge in [-0.15, -0.1) is 0 Å². The molecule has 0 saturated carbocycles. The molecule has 0 aromatic heterocycles. The minimum absolute atomic E-state index is 0.0755. The van der Waals surface area contributed by atoms with Crippen molar-refractivity contribution in [1.82, 2.24) is 4.90 Å². The van der Waals surface area contributed by atoms with Gasteiger partial charge in [-0.2, -0.15) is 11.8 Å². The number of nitrogens with one attached hydrogen (secondary N) is 1. The Bertz CT molecular complexity index is 722. The van der Waals surface area contributed by atoms with Gasteiger partial charge in [-0.1, -0.05) is 41.9 Å². The summed E-state index contributed by atoms with van der Waals surface area (Å²) >= 11 is 7.63. The Labute approximate surface area is 150 Å². The lowest BCUT2D eigenvalue weighted by Crippen LogP contribution is -2.46. The van der Waals surface area contributed by atoms with E-state index in [2.05, 4.69) is 5.32 Å². The van der Waals surface area contributed by atoms with E-state index in [-0.39, 0.29) is 6.04 Å². The van der Waals surface area contributed by atoms with Gasteiger partial charge in [0.15, 0.2) is 0 Å². The molecule has 2 aromatic carbocycles. The monoisotopic (exact) mass is 360 g/mol. The minimum Gasteiger partial charge on any atom is -0.326 e. The van der Waals surface area contributed by atoms with Crippen LogP contribution in [0.2, 0.25) is 5.02 Å². The van der Waals surface area contributed by atoms with Crippen LogP contribution in [0.3, 0.4) is 0 Å². The fourth-order valence-electron chi connectivity index (χ4n) is 2.65. The van der Waals surface area contributed by atoms with Crippen LogP contribution in [0, 0.1) is 0 Å². The quantitative estimate of drug-likeness (QED) is 0.832. The molecular weight excluding hydrogens is 344 g/mol. The van der Waals surface area contributed by atoms with Crippen molar-refractivity contribution in [2.45, 2.75) is 6.04 Å². The maximum atomic E-state index is 12.6. The van der Waals surface area contributed by atoms with Crippen LogP contribution < -0.4 is 5.32 Å². The highest BCUT2D eigenvalue weighted by atomic mass is 35.5. The Hall–Kier alpha value is -1.98. The van der Waals surface area contributed by atoms with E-state index in [9.17, 15) is 9.59 Å². The van der Waals surface area contributed by atoms with E-state index in [1.54, 1.807) is 40.9 Å². The third-order valence-electron chi connectivity index (χ3n) is 3.87. The fraction of sp³-hybridized carbons (Fsp3) is 0.222. The second kappa shape index (κ2) is 7.73. The number of carbonyl (C=O) groups is 2. The van der Waals surface area contributed by atoms with E-state index in [4.69, 9.17) is 11.6 Å². The van der Waals surface area contributed by atoms with Crippen LogP contribution in [-0.4, -0.2) is 34.8 Å². The zero-order valence-electron chi connectivity index (χ0n) is 12.9. The summed E-state index contributed by atoms with van der Waals surface area (Å²) in [5, 5.41) is 3.22. The van der Waals surface area contributed by atoms with E-state index < -0.39 is 11.8 Å². The predicted octanol–water partition coefficient (Wildman–Crippen LogP) is 3.60. The van der Waals surface area contributed by atoms with Crippen molar-refractivity contribution < 1.29 is 9.59 Å². The maximum Gasteiger partial charge on any atom is 0.313 e. The van der Waals surface area contributed by atoms with Gasteiger partial charge in [0.1, 0.15) is 0 Å². The molecule has 1 atom stereocenters. The Morgan fingerprint density at radius 2 is 1.79 bits per heavy atom. The van der Waals surface area contributed by atoms with E-state index >= 15 is 0 Å². The number of nitrogens with zero attached hydrogens (tertiary/aromatic N) is 1. The van der Waals surface area contributed by atoms with E-state index in [0.29, 0.717) is 17.3 Å². The molecule has 1 heterocycles. The predicted molar refractivity (Wildman–Crippen MR) is 98.3 cm³/mol. The summed E-state index contributed by atoms with van der Waals surface area (Å²) in [6.45, 7) is 0.567. The molecule has 4 nitrogen and oxygen atoms in total. The average molecular weight is 361 g/mol. The molecular formula is C18H17ClN2O2S. The van der Waals surface area contributed by atoms with Crippen molar-refractivity contribution in [3.05, 3.63) is 65.2 Å². The maximum absolute atomic E-state index is 12.6. The van der Waals surface area contributed by atoms with Gasteiger partial charge in [-0.25, -0.2) is 0 Å². The summed E-state index contributed by atoms with van der Waals surface area (Å²) in [6.07, 6.45) is 0. The molecule has 1 aliphatic heterocycles. The Balaban J connectivity index is 1.74. The van der Waals surface area contributed by atoms with Crippen LogP contribution in [0.15, 0.2) is 54.6 Å². The highest BCUT2D eigenvalue weighted by Gasteiger charge is 2.31. The Morgan fingerprint density at radius 1 is 1.08 bits per heavy atom. The molecule has 0 aliphatic carbocycles. The van der Waals surface area contributed by atoms with Crippen molar-refractivity contribution in [2.24, 2.45) is 0 Å². The van der Waals surface area contributed by atoms with Gasteiger partial charge >= 0.3 is 11.8 Å². The molecule has 3 rings (SSSR count). The number of hydrogen-bond donors (Lipinski definition) is 1. The van der Waals surface area contributed by atoms with Crippen molar-refractivity contribution in [3.8, 4) is 0 Å². The second-order valence-corrected chi connectivity index (χ2v) is 7.05. The molecule has 1 saturated heterocycles. The number of thioether (sulfide) groups is 1. The lowest BCUT2D eigenvalue weighted by molar-refractivity contribution is -0.144. The lowest BCUT2D eigenvalue weighted by atomic mass is 10.1. The molecule has 124 valence electrons. The molecule has 1 fully saturated rings. The number of anilines is 1. The van der Waals surface area contributed by atoms with Gasteiger partial charge < -0.3 is 10.2 Å². The van der Waals surface area contributed by atoms with Crippen LogP contribution >= 0.6 is 23.4 Å². The summed E-state index contributed by atoms with van der Waals surface area (Å²) in [7, 11) is 0. The van der Waals surface area contributed by atoms with Crippen LogP contribution in [-0.2, 0) is 9.59 Å². The standard InChI is InChI=1S/C18H17ClN2O2S/c19-14-6-8-15(9-7-14)20-17(22)18(23)21-10-11-24-12-16(21)13-4-2-1-3-5-13/h1-9,16H,10-12H2,(H,20,22). The second-order valence-electron chi connectivity index (χ2n) is 5.46. The summed E-state index contributed by atoms with van der Waals surface area (Å²) in [5.41, 5.74) is 1.61. The highest BCUT2D eigenvalue weighted by molar-refractivity contribution is 7.99. The highest BCUT2D eigenvalue weighted by Crippen LogP contribution is 2.29. The first-order valence-electron chi connectivity index (χ1n) is 7.65. The van der Waals surface area contributed by atoms with Crippen LogP contribution in [0.1, 0.15) is 11.6 Å². The summed E-state index contributed by atoms with van der Waals surface area (Å²) in [4.78, 5) is 26.6. The van der Waals surface area contributed by atoms with Gasteiger partial charge in [0, 0.05) is 28.8 Å². The number of benzene rings is 2. The van der Waals surface area contributed by atoms with E-state index in [0.717, 1.165) is 17.1 Å². The summed E-state index contributed by atoms with van der Waals surface area (Å²) < 4.78 is 0. The minimum atomic E-state index is -0.620. The average Bonchev–Trinajstić information content (AvgIpc) is 2.63. The summed E-state index contributed by atoms with van der Waals surface area (Å²) in [6, 6.07) is 16.4. The molecule has 0 bridgehead atoms. The molecule has 0 radical (unpaired) electrons. The molecule has 6 heteroatoms. The Morgan fingerprint density at radius 3 is 2.50 bits per heavy atom. The number of halogens is 1. The molecule has 2 aromatic rings. The van der Waals surface area contributed by atoms with Crippen LogP contribution in [0.25, 0.3) is 0 Å². The summed E-state index contributed by atoms with van der Waals surface area (Å²) in [5.74, 6) is 0.511. The largest absolute Gasteiger partial charge is 0.326 e. The number of amides is 2. The first-order valence-corrected chi connectivity index (χ1v) is 9.18. The number of carbonyl (C=O) groups excluding carboxylic acids is 2. The van der Waals surface area contributed by atoms with Gasteiger partial charge in [-0.3, -0.25) is 9.59 Å². The van der Waals surface area contributed by atoms with Gasteiger partial charge in [-0.05, 0) is 29.8 Å². The lowest BCUT2D eigenvalue weighted by Gasteiger charge is -2.35. The molecule has 2 amide bonds. The van der Waals surface area contributed by atoms with E-state index in [1.165, 1.54) is 0 Å². The van der Waals surface area contributed by atoms with Crippen molar-refractivity contribution in [1.29, 1.82) is 0 Å². The first kappa shape index (κ1) is 16.9. The van der Waals surface area contributed by atoms with Gasteiger partial charge in [0.2, 0.25) is 0 Å². The Kier molecular flexibility index (Phi) is 5.43. The molecule has 1 aliphatic rings. The zero-order valence-corrected chi connectivity index (χ0v) is 14.5.